The van der Waals surface area contributed by atoms with Crippen LogP contribution in [0.4, 0.5) is 5.69 Å². The Kier molecular flexibility index (Phi) is 4.43. The molecule has 0 aliphatic carbocycles. The van der Waals surface area contributed by atoms with Crippen molar-refractivity contribution < 1.29 is 19.2 Å². The molecule has 4 rings (SSSR count). The molecular formula is C19H22N4O4. The van der Waals surface area contributed by atoms with E-state index in [0.717, 1.165) is 31.0 Å². The topological polar surface area (TPSA) is 98.8 Å². The summed E-state index contributed by atoms with van der Waals surface area (Å²) < 4.78 is 0. The molecule has 2 unspecified atom stereocenters. The molecule has 3 aliphatic heterocycles. The van der Waals surface area contributed by atoms with E-state index in [2.05, 4.69) is 10.6 Å². The number of hydrogen-bond acceptors (Lipinski definition) is 6. The summed E-state index contributed by atoms with van der Waals surface area (Å²) in [4.78, 5) is 52.6. The van der Waals surface area contributed by atoms with E-state index in [-0.39, 0.29) is 18.7 Å². The highest BCUT2D eigenvalue weighted by atomic mass is 16.2. The number of rotatable bonds is 4. The minimum Gasteiger partial charge on any atom is -0.374 e. The first-order valence-electron chi connectivity index (χ1n) is 9.24. The molecule has 3 aliphatic rings. The Balaban J connectivity index is 1.63. The number of carbonyl (C=O) groups excluding carboxylic acids is 4. The van der Waals surface area contributed by atoms with Gasteiger partial charge in [0.15, 0.2) is 0 Å². The van der Waals surface area contributed by atoms with Gasteiger partial charge in [0.2, 0.25) is 11.8 Å². The predicted molar refractivity (Wildman–Crippen MR) is 97.4 cm³/mol. The first-order valence-corrected chi connectivity index (χ1v) is 9.24. The fourth-order valence-electron chi connectivity index (χ4n) is 4.17. The zero-order chi connectivity index (χ0) is 19.1. The summed E-state index contributed by atoms with van der Waals surface area (Å²) in [5.41, 5.74) is 1.37. The van der Waals surface area contributed by atoms with Crippen LogP contribution in [0.1, 0.15) is 40.0 Å². The molecule has 0 aromatic heterocycles. The van der Waals surface area contributed by atoms with Crippen molar-refractivity contribution in [1.82, 2.24) is 15.5 Å². The number of benzene rings is 1. The Morgan fingerprint density at radius 2 is 1.96 bits per heavy atom. The third-order valence-electron chi connectivity index (χ3n) is 5.55. The molecule has 0 saturated carbocycles. The Hall–Kier alpha value is -2.74. The lowest BCUT2D eigenvalue weighted by Crippen LogP contribution is -2.54. The first kappa shape index (κ1) is 17.7. The van der Waals surface area contributed by atoms with Crippen LogP contribution in [0.2, 0.25) is 0 Å². The summed E-state index contributed by atoms with van der Waals surface area (Å²) in [6, 6.07) is 4.28. The molecule has 8 heteroatoms. The van der Waals surface area contributed by atoms with Crippen LogP contribution in [0, 0.1) is 5.92 Å². The van der Waals surface area contributed by atoms with Crippen LogP contribution < -0.4 is 15.5 Å². The second-order valence-corrected chi connectivity index (χ2v) is 7.39. The number of imide groups is 2. The van der Waals surface area contributed by atoms with Gasteiger partial charge in [-0.25, -0.2) is 0 Å². The lowest BCUT2D eigenvalue weighted by Gasteiger charge is -2.28. The van der Waals surface area contributed by atoms with Gasteiger partial charge in [-0.3, -0.25) is 29.4 Å². The van der Waals surface area contributed by atoms with Crippen LogP contribution in [0.15, 0.2) is 18.2 Å². The van der Waals surface area contributed by atoms with Gasteiger partial charge in [-0.1, -0.05) is 6.07 Å². The van der Waals surface area contributed by atoms with E-state index < -0.39 is 23.8 Å². The highest BCUT2D eigenvalue weighted by Gasteiger charge is 2.45. The fourth-order valence-corrected chi connectivity index (χ4v) is 4.17. The Morgan fingerprint density at radius 3 is 2.67 bits per heavy atom. The van der Waals surface area contributed by atoms with Crippen molar-refractivity contribution in [3.8, 4) is 0 Å². The fraction of sp³-hybridized carbons (Fsp3) is 0.474. The molecular weight excluding hydrogens is 348 g/mol. The van der Waals surface area contributed by atoms with Crippen LogP contribution in [0.5, 0.6) is 0 Å². The second-order valence-electron chi connectivity index (χ2n) is 7.39. The summed E-state index contributed by atoms with van der Waals surface area (Å²) in [6.07, 6.45) is 1.36. The zero-order valence-corrected chi connectivity index (χ0v) is 15.2. The summed E-state index contributed by atoms with van der Waals surface area (Å²) in [6.45, 7) is 2.71. The lowest BCUT2D eigenvalue weighted by atomic mass is 10.0. The van der Waals surface area contributed by atoms with Gasteiger partial charge in [-0.15, -0.1) is 0 Å². The van der Waals surface area contributed by atoms with Crippen molar-refractivity contribution in [1.29, 1.82) is 0 Å². The predicted octanol–water partition coefficient (Wildman–Crippen LogP) is 0.134. The molecule has 4 amide bonds. The third-order valence-corrected chi connectivity index (χ3v) is 5.55. The Morgan fingerprint density at radius 1 is 1.15 bits per heavy atom. The van der Waals surface area contributed by atoms with Crippen molar-refractivity contribution in [2.45, 2.75) is 25.3 Å². The Bertz CT molecular complexity index is 831. The quantitative estimate of drug-likeness (QED) is 0.732. The maximum atomic E-state index is 13.1. The van der Waals surface area contributed by atoms with Crippen LogP contribution in [0.25, 0.3) is 0 Å². The number of nitrogens with zero attached hydrogens (tertiary/aromatic N) is 2. The highest BCUT2D eigenvalue weighted by molar-refractivity contribution is 6.25. The molecule has 8 nitrogen and oxygen atoms in total. The smallest absolute Gasteiger partial charge is 0.264 e. The third kappa shape index (κ3) is 2.99. The molecule has 0 bridgehead atoms. The van der Waals surface area contributed by atoms with Gasteiger partial charge in [-0.05, 0) is 44.0 Å². The van der Waals surface area contributed by atoms with Crippen LogP contribution in [0.3, 0.4) is 0 Å². The molecule has 0 spiro atoms. The van der Waals surface area contributed by atoms with E-state index in [1.54, 1.807) is 12.1 Å². The minimum atomic E-state index is -0.938. The van der Waals surface area contributed by atoms with Crippen molar-refractivity contribution in [3.05, 3.63) is 29.3 Å². The number of nitrogens with one attached hydrogen (secondary N) is 2. The van der Waals surface area contributed by atoms with Gasteiger partial charge in [-0.2, -0.15) is 0 Å². The molecule has 1 aromatic rings. The van der Waals surface area contributed by atoms with E-state index in [0.29, 0.717) is 22.7 Å². The molecule has 3 heterocycles. The van der Waals surface area contributed by atoms with Gasteiger partial charge in [0, 0.05) is 20.0 Å². The maximum Gasteiger partial charge on any atom is 0.264 e. The van der Waals surface area contributed by atoms with E-state index in [1.165, 1.54) is 0 Å². The monoisotopic (exact) mass is 370 g/mol. The summed E-state index contributed by atoms with van der Waals surface area (Å²) in [5.74, 6) is -1.41. The van der Waals surface area contributed by atoms with E-state index >= 15 is 0 Å². The van der Waals surface area contributed by atoms with Crippen molar-refractivity contribution in [3.63, 3.8) is 0 Å². The molecule has 0 radical (unpaired) electrons. The van der Waals surface area contributed by atoms with Crippen LogP contribution >= 0.6 is 0 Å². The summed E-state index contributed by atoms with van der Waals surface area (Å²) in [5, 5.41) is 5.55. The van der Waals surface area contributed by atoms with E-state index in [1.807, 2.05) is 18.0 Å². The summed E-state index contributed by atoms with van der Waals surface area (Å²) >= 11 is 0. The standard InChI is InChI=1S/C19H22N4O4/c1-22(10-11-7-8-20-9-11)13-4-2-3-12-16(13)19(27)23(18(12)26)14-5-6-15(24)21-17(14)25/h2-4,11,14,20H,5-10H2,1H3,(H,21,24,25). The maximum absolute atomic E-state index is 13.1. The van der Waals surface area contributed by atoms with E-state index in [4.69, 9.17) is 0 Å². The number of hydrogen-bond donors (Lipinski definition) is 2. The molecule has 1 aromatic carbocycles. The minimum absolute atomic E-state index is 0.116. The molecule has 2 saturated heterocycles. The van der Waals surface area contributed by atoms with Crippen molar-refractivity contribution in [2.24, 2.45) is 5.92 Å². The molecule has 2 N–H and O–H groups in total. The number of piperidine rings is 1. The average Bonchev–Trinajstić information content (AvgIpc) is 3.23. The number of carbonyl (C=O) groups is 4. The second kappa shape index (κ2) is 6.77. The zero-order valence-electron chi connectivity index (χ0n) is 15.2. The SMILES string of the molecule is CN(CC1CCNC1)c1cccc2c1C(=O)N(C1CCC(=O)NC1=O)C2=O. The Labute approximate surface area is 156 Å². The van der Waals surface area contributed by atoms with Gasteiger partial charge >= 0.3 is 0 Å². The first-order chi connectivity index (χ1) is 13.0. The number of amides is 4. The van der Waals surface area contributed by atoms with E-state index in [9.17, 15) is 19.2 Å². The number of anilines is 1. The molecule has 142 valence electrons. The van der Waals surface area contributed by atoms with Crippen LogP contribution in [-0.4, -0.2) is 61.3 Å². The average molecular weight is 370 g/mol. The van der Waals surface area contributed by atoms with Crippen LogP contribution in [-0.2, 0) is 9.59 Å². The largest absolute Gasteiger partial charge is 0.374 e. The molecule has 2 atom stereocenters. The summed E-state index contributed by atoms with van der Waals surface area (Å²) in [7, 11) is 1.92. The number of fused-ring (bicyclic) bond motifs is 1. The highest BCUT2D eigenvalue weighted by Crippen LogP contribution is 2.34. The molecule has 2 fully saturated rings. The van der Waals surface area contributed by atoms with Gasteiger partial charge in [0.25, 0.3) is 11.8 Å². The van der Waals surface area contributed by atoms with Gasteiger partial charge in [0.1, 0.15) is 6.04 Å². The van der Waals surface area contributed by atoms with Gasteiger partial charge in [0.05, 0.1) is 16.8 Å². The van der Waals surface area contributed by atoms with Crippen molar-refractivity contribution >= 4 is 29.3 Å². The van der Waals surface area contributed by atoms with Crippen molar-refractivity contribution in [2.75, 3.05) is 31.6 Å². The lowest BCUT2D eigenvalue weighted by molar-refractivity contribution is -0.136. The molecule has 27 heavy (non-hydrogen) atoms. The normalized spacial score (nSPS) is 25.0. The van der Waals surface area contributed by atoms with Gasteiger partial charge < -0.3 is 10.2 Å².